The van der Waals surface area contributed by atoms with Gasteiger partial charge >= 0.3 is 0 Å². The van der Waals surface area contributed by atoms with Gasteiger partial charge in [-0.2, -0.15) is 5.10 Å². The van der Waals surface area contributed by atoms with Gasteiger partial charge in [-0.3, -0.25) is 14.8 Å². The van der Waals surface area contributed by atoms with E-state index in [9.17, 15) is 10.1 Å². The highest BCUT2D eigenvalue weighted by atomic mass is 16.6. The van der Waals surface area contributed by atoms with Crippen molar-refractivity contribution in [2.24, 2.45) is 0 Å². The van der Waals surface area contributed by atoms with E-state index in [-0.39, 0.29) is 10.6 Å². The van der Waals surface area contributed by atoms with Crippen LogP contribution in [-0.2, 0) is 0 Å². The predicted molar refractivity (Wildman–Crippen MR) is 68.6 cm³/mol. The number of rotatable bonds is 2. The fraction of sp³-hybridized carbons (Fsp3) is 0.462. The molecule has 18 heavy (non-hydrogen) atoms. The Morgan fingerprint density at radius 2 is 2.11 bits per heavy atom. The zero-order valence-corrected chi connectivity index (χ0v) is 10.3. The summed E-state index contributed by atoms with van der Waals surface area (Å²) < 4.78 is 1.97. The summed E-state index contributed by atoms with van der Waals surface area (Å²) in [4.78, 5) is 10.8. The lowest BCUT2D eigenvalue weighted by atomic mass is 10.1. The third kappa shape index (κ3) is 1.58. The molecule has 3 rings (SSSR count). The van der Waals surface area contributed by atoms with Crippen molar-refractivity contribution in [3.8, 4) is 0 Å². The highest BCUT2D eigenvalue weighted by molar-refractivity contribution is 5.89. The van der Waals surface area contributed by atoms with Crippen molar-refractivity contribution in [1.82, 2.24) is 9.78 Å². The second kappa shape index (κ2) is 4.08. The number of aryl methyl sites for hydroxylation is 1. The summed E-state index contributed by atoms with van der Waals surface area (Å²) in [5.74, 6) is 0. The number of hydrogen-bond donors (Lipinski definition) is 0. The molecule has 1 aromatic carbocycles. The molecule has 0 atom stereocenters. The van der Waals surface area contributed by atoms with Crippen LogP contribution in [0.25, 0.3) is 10.9 Å². The van der Waals surface area contributed by atoms with Crippen molar-refractivity contribution < 1.29 is 4.92 Å². The van der Waals surface area contributed by atoms with E-state index in [2.05, 4.69) is 5.10 Å². The Kier molecular flexibility index (Phi) is 2.54. The predicted octanol–water partition coefficient (Wildman–Crippen LogP) is 3.37. The Balaban J connectivity index is 2.20. The van der Waals surface area contributed by atoms with Crippen molar-refractivity contribution in [2.45, 2.75) is 38.6 Å². The fourth-order valence-electron chi connectivity index (χ4n) is 2.90. The van der Waals surface area contributed by atoms with Gasteiger partial charge in [0.2, 0.25) is 0 Å². The standard InChI is InChI=1S/C13H15N3O2/c1-9-6-7-12-11(13(9)16(17)18)8-14-15(12)10-4-2-3-5-10/h6-8,10H,2-5H2,1H3. The number of nitro benzene ring substituents is 1. The molecule has 1 fully saturated rings. The van der Waals surface area contributed by atoms with E-state index in [0.29, 0.717) is 17.0 Å². The summed E-state index contributed by atoms with van der Waals surface area (Å²) in [5, 5.41) is 16.2. The first-order valence-electron chi connectivity index (χ1n) is 6.29. The van der Waals surface area contributed by atoms with Gasteiger partial charge in [-0.15, -0.1) is 0 Å². The Hall–Kier alpha value is -1.91. The van der Waals surface area contributed by atoms with Gasteiger partial charge < -0.3 is 0 Å². The Morgan fingerprint density at radius 3 is 2.78 bits per heavy atom. The fourth-order valence-corrected chi connectivity index (χ4v) is 2.90. The van der Waals surface area contributed by atoms with E-state index in [0.717, 1.165) is 18.4 Å². The van der Waals surface area contributed by atoms with Gasteiger partial charge in [0, 0.05) is 5.56 Å². The molecule has 0 N–H and O–H groups in total. The Bertz CT molecular complexity index is 612. The number of aromatic nitrogens is 2. The maximum absolute atomic E-state index is 11.1. The van der Waals surface area contributed by atoms with E-state index in [1.165, 1.54) is 12.8 Å². The maximum atomic E-state index is 11.1. The third-order valence-corrected chi connectivity index (χ3v) is 3.81. The molecule has 5 nitrogen and oxygen atoms in total. The van der Waals surface area contributed by atoms with Gasteiger partial charge in [-0.05, 0) is 25.8 Å². The number of nitro groups is 1. The first-order valence-corrected chi connectivity index (χ1v) is 6.29. The molecular formula is C13H15N3O2. The lowest BCUT2D eigenvalue weighted by Gasteiger charge is -2.11. The monoisotopic (exact) mass is 245 g/mol. The van der Waals surface area contributed by atoms with Gasteiger partial charge in [-0.25, -0.2) is 0 Å². The van der Waals surface area contributed by atoms with Crippen molar-refractivity contribution >= 4 is 16.6 Å². The number of hydrogen-bond acceptors (Lipinski definition) is 3. The molecule has 0 amide bonds. The number of nitrogens with zero attached hydrogens (tertiary/aromatic N) is 3. The van der Waals surface area contributed by atoms with E-state index in [4.69, 9.17) is 0 Å². The van der Waals surface area contributed by atoms with Crippen molar-refractivity contribution in [1.29, 1.82) is 0 Å². The average molecular weight is 245 g/mol. The number of benzene rings is 1. The molecule has 1 aliphatic rings. The van der Waals surface area contributed by atoms with Crippen molar-refractivity contribution in [3.05, 3.63) is 34.0 Å². The minimum Gasteiger partial charge on any atom is -0.262 e. The quantitative estimate of drug-likeness (QED) is 0.602. The van der Waals surface area contributed by atoms with Crippen LogP contribution in [0, 0.1) is 17.0 Å². The van der Waals surface area contributed by atoms with Gasteiger partial charge in [0.1, 0.15) is 0 Å². The highest BCUT2D eigenvalue weighted by Crippen LogP contribution is 2.35. The molecule has 5 heteroatoms. The van der Waals surface area contributed by atoms with Gasteiger partial charge in [-0.1, -0.05) is 18.9 Å². The van der Waals surface area contributed by atoms with Gasteiger partial charge in [0.15, 0.2) is 0 Å². The zero-order chi connectivity index (χ0) is 12.7. The smallest absolute Gasteiger partial charge is 0.262 e. The molecule has 1 heterocycles. The van der Waals surface area contributed by atoms with Gasteiger partial charge in [0.25, 0.3) is 5.69 Å². The van der Waals surface area contributed by atoms with Crippen LogP contribution in [0.1, 0.15) is 37.3 Å². The van der Waals surface area contributed by atoms with E-state index >= 15 is 0 Å². The largest absolute Gasteiger partial charge is 0.283 e. The highest BCUT2D eigenvalue weighted by Gasteiger charge is 2.23. The molecule has 1 saturated carbocycles. The lowest BCUT2D eigenvalue weighted by Crippen LogP contribution is -2.06. The first-order chi connectivity index (χ1) is 8.68. The first kappa shape index (κ1) is 11.2. The van der Waals surface area contributed by atoms with Crippen LogP contribution in [0.4, 0.5) is 5.69 Å². The lowest BCUT2D eigenvalue weighted by molar-refractivity contribution is -0.383. The van der Waals surface area contributed by atoms with Crippen LogP contribution in [0.2, 0.25) is 0 Å². The normalized spacial score (nSPS) is 16.5. The Labute approximate surface area is 105 Å². The summed E-state index contributed by atoms with van der Waals surface area (Å²) in [6, 6.07) is 4.17. The summed E-state index contributed by atoms with van der Waals surface area (Å²) in [7, 11) is 0. The van der Waals surface area contributed by atoms with Crippen LogP contribution >= 0.6 is 0 Å². The van der Waals surface area contributed by atoms with Crippen molar-refractivity contribution in [2.75, 3.05) is 0 Å². The van der Waals surface area contributed by atoms with Gasteiger partial charge in [0.05, 0.1) is 28.1 Å². The summed E-state index contributed by atoms with van der Waals surface area (Å²) in [5.41, 5.74) is 1.77. The van der Waals surface area contributed by atoms with E-state index in [1.54, 1.807) is 13.1 Å². The minimum absolute atomic E-state index is 0.191. The number of fused-ring (bicyclic) bond motifs is 1. The molecule has 1 aromatic heterocycles. The van der Waals surface area contributed by atoms with Crippen LogP contribution < -0.4 is 0 Å². The maximum Gasteiger partial charge on any atom is 0.283 e. The summed E-state index contributed by atoms with van der Waals surface area (Å²) in [6.07, 6.45) is 6.33. The minimum atomic E-state index is -0.307. The molecule has 2 aromatic rings. The zero-order valence-electron chi connectivity index (χ0n) is 10.3. The molecule has 1 aliphatic carbocycles. The topological polar surface area (TPSA) is 61.0 Å². The molecule has 0 aliphatic heterocycles. The molecule has 94 valence electrons. The second-order valence-electron chi connectivity index (χ2n) is 4.95. The molecule has 0 saturated heterocycles. The second-order valence-corrected chi connectivity index (χ2v) is 4.95. The molecule has 0 bridgehead atoms. The van der Waals surface area contributed by atoms with E-state index in [1.807, 2.05) is 16.8 Å². The van der Waals surface area contributed by atoms with E-state index < -0.39 is 0 Å². The van der Waals surface area contributed by atoms with Crippen LogP contribution in [0.5, 0.6) is 0 Å². The Morgan fingerprint density at radius 1 is 1.39 bits per heavy atom. The van der Waals surface area contributed by atoms with Crippen molar-refractivity contribution in [3.63, 3.8) is 0 Å². The average Bonchev–Trinajstić information content (AvgIpc) is 2.95. The molecular weight excluding hydrogens is 230 g/mol. The molecule has 0 spiro atoms. The van der Waals surface area contributed by atoms with Crippen LogP contribution in [-0.4, -0.2) is 14.7 Å². The SMILES string of the molecule is Cc1ccc2c(cnn2C2CCCC2)c1[N+](=O)[O-]. The molecule has 0 radical (unpaired) electrons. The molecule has 0 unspecified atom stereocenters. The van der Waals surface area contributed by atoms with Crippen LogP contribution in [0.15, 0.2) is 18.3 Å². The van der Waals surface area contributed by atoms with Crippen LogP contribution in [0.3, 0.4) is 0 Å². The third-order valence-electron chi connectivity index (χ3n) is 3.81. The summed E-state index contributed by atoms with van der Waals surface area (Å²) in [6.45, 7) is 1.77. The summed E-state index contributed by atoms with van der Waals surface area (Å²) >= 11 is 0.